The fraction of sp³-hybridized carbons (Fsp3) is 0.214. The van der Waals surface area contributed by atoms with Crippen molar-refractivity contribution >= 4 is 17.6 Å². The van der Waals surface area contributed by atoms with Gasteiger partial charge in [0.25, 0.3) is 5.91 Å². The van der Waals surface area contributed by atoms with Crippen LogP contribution in [0.3, 0.4) is 0 Å². The van der Waals surface area contributed by atoms with Gasteiger partial charge in [0.15, 0.2) is 6.61 Å². The molecule has 2 N–H and O–H groups in total. The zero-order chi connectivity index (χ0) is 15.4. The van der Waals surface area contributed by atoms with Crippen molar-refractivity contribution in [3.63, 3.8) is 0 Å². The van der Waals surface area contributed by atoms with Gasteiger partial charge in [-0.15, -0.1) is 0 Å². The number of carbonyl (C=O) groups excluding carboxylic acids is 1. The van der Waals surface area contributed by atoms with E-state index in [-0.39, 0.29) is 5.75 Å². The molecule has 0 bridgehead atoms. The molecule has 1 heterocycles. The maximum atomic E-state index is 12.2. The highest BCUT2D eigenvalue weighted by molar-refractivity contribution is 6.06. The molecule has 1 amide bonds. The lowest BCUT2D eigenvalue weighted by atomic mass is 10.2. The Balaban J connectivity index is 2.20. The maximum absolute atomic E-state index is 12.2. The molecule has 0 aliphatic carbocycles. The summed E-state index contributed by atoms with van der Waals surface area (Å²) in [6.45, 7) is 2.82. The van der Waals surface area contributed by atoms with E-state index in [2.05, 4.69) is 10.5 Å². The van der Waals surface area contributed by atoms with Gasteiger partial charge in [-0.2, -0.15) is 0 Å². The molecule has 110 valence electrons. The fourth-order valence-corrected chi connectivity index (χ4v) is 1.83. The standard InChI is InChI=1S/C14H14N2O5/c1-8-13(9(2)21-16-8)14(19)15-10-5-3-4-6-11(10)20-7-12(17)18/h3-6H,7H2,1-2H3,(H,15,19)(H,17,18). The molecule has 0 atom stereocenters. The van der Waals surface area contributed by atoms with Crippen LogP contribution in [-0.4, -0.2) is 28.7 Å². The van der Waals surface area contributed by atoms with Crippen LogP contribution in [0.1, 0.15) is 21.8 Å². The van der Waals surface area contributed by atoms with E-state index in [0.717, 1.165) is 0 Å². The summed E-state index contributed by atoms with van der Waals surface area (Å²) in [4.78, 5) is 22.8. The normalized spacial score (nSPS) is 10.2. The van der Waals surface area contributed by atoms with Gasteiger partial charge in [-0.3, -0.25) is 4.79 Å². The first kappa shape index (κ1) is 14.6. The third-order valence-corrected chi connectivity index (χ3v) is 2.75. The second-order valence-corrected chi connectivity index (χ2v) is 4.33. The van der Waals surface area contributed by atoms with E-state index < -0.39 is 18.5 Å². The van der Waals surface area contributed by atoms with Gasteiger partial charge in [0.2, 0.25) is 0 Å². The number of aryl methyl sites for hydroxylation is 2. The van der Waals surface area contributed by atoms with Crippen molar-refractivity contribution in [1.82, 2.24) is 5.16 Å². The first-order valence-electron chi connectivity index (χ1n) is 6.17. The number of rotatable bonds is 5. The van der Waals surface area contributed by atoms with Crippen LogP contribution in [0, 0.1) is 13.8 Å². The molecule has 7 nitrogen and oxygen atoms in total. The Morgan fingerprint density at radius 2 is 2.05 bits per heavy atom. The van der Waals surface area contributed by atoms with E-state index in [0.29, 0.717) is 22.7 Å². The van der Waals surface area contributed by atoms with Gasteiger partial charge in [0.05, 0.1) is 11.4 Å². The Kier molecular flexibility index (Phi) is 4.22. The van der Waals surface area contributed by atoms with Gasteiger partial charge in [-0.1, -0.05) is 17.3 Å². The molecule has 1 aromatic heterocycles. The molecule has 0 spiro atoms. The van der Waals surface area contributed by atoms with Crippen LogP contribution >= 0.6 is 0 Å². The summed E-state index contributed by atoms with van der Waals surface area (Å²) >= 11 is 0. The predicted molar refractivity (Wildman–Crippen MR) is 73.5 cm³/mol. The number of ether oxygens (including phenoxy) is 1. The van der Waals surface area contributed by atoms with Crippen molar-refractivity contribution in [1.29, 1.82) is 0 Å². The number of para-hydroxylation sites is 2. The summed E-state index contributed by atoms with van der Waals surface area (Å²) < 4.78 is 10.1. The SMILES string of the molecule is Cc1noc(C)c1C(=O)Nc1ccccc1OCC(=O)O. The molecule has 0 unspecified atom stereocenters. The lowest BCUT2D eigenvalue weighted by molar-refractivity contribution is -0.139. The second kappa shape index (κ2) is 6.08. The Morgan fingerprint density at radius 1 is 1.33 bits per heavy atom. The highest BCUT2D eigenvalue weighted by Gasteiger charge is 2.18. The lowest BCUT2D eigenvalue weighted by Crippen LogP contribution is -2.16. The average Bonchev–Trinajstić information content (AvgIpc) is 2.77. The minimum atomic E-state index is -1.10. The van der Waals surface area contributed by atoms with Crippen LogP contribution < -0.4 is 10.1 Å². The quantitative estimate of drug-likeness (QED) is 0.873. The number of aromatic nitrogens is 1. The number of amides is 1. The van der Waals surface area contributed by atoms with Crippen molar-refractivity contribution in [2.24, 2.45) is 0 Å². The third kappa shape index (κ3) is 3.38. The molecule has 21 heavy (non-hydrogen) atoms. The molecule has 0 radical (unpaired) electrons. The van der Waals surface area contributed by atoms with E-state index in [1.54, 1.807) is 38.1 Å². The number of benzene rings is 1. The molecule has 0 fully saturated rings. The monoisotopic (exact) mass is 290 g/mol. The zero-order valence-electron chi connectivity index (χ0n) is 11.5. The topological polar surface area (TPSA) is 102 Å². The first-order chi connectivity index (χ1) is 9.99. The number of hydrogen-bond donors (Lipinski definition) is 2. The molecular weight excluding hydrogens is 276 g/mol. The summed E-state index contributed by atoms with van der Waals surface area (Å²) in [6, 6.07) is 6.58. The molecule has 2 rings (SSSR count). The minimum Gasteiger partial charge on any atom is -0.480 e. The van der Waals surface area contributed by atoms with Crippen LogP contribution in [0.2, 0.25) is 0 Å². The van der Waals surface area contributed by atoms with Gasteiger partial charge in [-0.05, 0) is 26.0 Å². The molecule has 0 saturated carbocycles. The molecule has 2 aromatic rings. The van der Waals surface area contributed by atoms with Crippen LogP contribution in [-0.2, 0) is 4.79 Å². The highest BCUT2D eigenvalue weighted by atomic mass is 16.5. The van der Waals surface area contributed by atoms with Gasteiger partial charge in [0.1, 0.15) is 17.1 Å². The molecule has 0 saturated heterocycles. The fourth-order valence-electron chi connectivity index (χ4n) is 1.83. The van der Waals surface area contributed by atoms with Gasteiger partial charge in [0, 0.05) is 0 Å². The Bertz CT molecular complexity index is 658. The first-order valence-corrected chi connectivity index (χ1v) is 6.17. The third-order valence-electron chi connectivity index (χ3n) is 2.75. The van der Waals surface area contributed by atoms with Crippen LogP contribution in [0.4, 0.5) is 5.69 Å². The van der Waals surface area contributed by atoms with Crippen LogP contribution in [0.25, 0.3) is 0 Å². The molecule has 0 aliphatic rings. The van der Waals surface area contributed by atoms with Crippen molar-refractivity contribution in [2.75, 3.05) is 11.9 Å². The van der Waals surface area contributed by atoms with E-state index in [1.165, 1.54) is 0 Å². The number of anilines is 1. The summed E-state index contributed by atoms with van der Waals surface area (Å²) in [5, 5.41) is 15.0. The number of nitrogens with zero attached hydrogens (tertiary/aromatic N) is 1. The van der Waals surface area contributed by atoms with Gasteiger partial charge >= 0.3 is 5.97 Å². The van der Waals surface area contributed by atoms with Crippen LogP contribution in [0.15, 0.2) is 28.8 Å². The zero-order valence-corrected chi connectivity index (χ0v) is 11.5. The average molecular weight is 290 g/mol. The minimum absolute atomic E-state index is 0.278. The van der Waals surface area contributed by atoms with Gasteiger partial charge < -0.3 is 19.7 Å². The molecule has 1 aromatic carbocycles. The Morgan fingerprint density at radius 3 is 2.67 bits per heavy atom. The summed E-state index contributed by atoms with van der Waals surface area (Å²) in [7, 11) is 0. The molecular formula is C14H14N2O5. The molecule has 0 aliphatic heterocycles. The summed E-state index contributed by atoms with van der Waals surface area (Å²) in [6.07, 6.45) is 0. The van der Waals surface area contributed by atoms with Gasteiger partial charge in [-0.25, -0.2) is 4.79 Å². The number of hydrogen-bond acceptors (Lipinski definition) is 5. The van der Waals surface area contributed by atoms with Crippen molar-refractivity contribution in [3.8, 4) is 5.75 Å². The van der Waals surface area contributed by atoms with E-state index >= 15 is 0 Å². The second-order valence-electron chi connectivity index (χ2n) is 4.33. The Hall–Kier alpha value is -2.83. The Labute approximate surface area is 120 Å². The summed E-state index contributed by atoms with van der Waals surface area (Å²) in [5.74, 6) is -0.798. The van der Waals surface area contributed by atoms with Crippen molar-refractivity contribution in [3.05, 3.63) is 41.3 Å². The van der Waals surface area contributed by atoms with E-state index in [9.17, 15) is 9.59 Å². The number of carboxylic acid groups (broad SMARTS) is 1. The number of nitrogens with one attached hydrogen (secondary N) is 1. The number of carboxylic acids is 1. The summed E-state index contributed by atoms with van der Waals surface area (Å²) in [5.41, 5.74) is 1.21. The maximum Gasteiger partial charge on any atom is 0.341 e. The highest BCUT2D eigenvalue weighted by Crippen LogP contribution is 2.25. The largest absolute Gasteiger partial charge is 0.480 e. The van der Waals surface area contributed by atoms with E-state index in [4.69, 9.17) is 14.4 Å². The number of carbonyl (C=O) groups is 2. The number of aliphatic carboxylic acids is 1. The van der Waals surface area contributed by atoms with Crippen LogP contribution in [0.5, 0.6) is 5.75 Å². The lowest BCUT2D eigenvalue weighted by Gasteiger charge is -2.11. The van der Waals surface area contributed by atoms with E-state index in [1.807, 2.05) is 0 Å². The van der Waals surface area contributed by atoms with Crippen molar-refractivity contribution < 1.29 is 24.0 Å². The predicted octanol–water partition coefficient (Wildman–Crippen LogP) is 2.01. The van der Waals surface area contributed by atoms with Crippen molar-refractivity contribution in [2.45, 2.75) is 13.8 Å². The smallest absolute Gasteiger partial charge is 0.341 e. The molecule has 7 heteroatoms.